The first kappa shape index (κ1) is 18.4. The van der Waals surface area contributed by atoms with Crippen molar-refractivity contribution in [3.8, 4) is 0 Å². The van der Waals surface area contributed by atoms with E-state index in [0.29, 0.717) is 6.42 Å². The molecule has 0 bridgehead atoms. The summed E-state index contributed by atoms with van der Waals surface area (Å²) in [6.07, 6.45) is 3.56. The molecule has 0 amide bonds. The van der Waals surface area contributed by atoms with Gasteiger partial charge in [-0.1, -0.05) is 6.92 Å². The van der Waals surface area contributed by atoms with Crippen LogP contribution in [0.25, 0.3) is 0 Å². The third-order valence-electron chi connectivity index (χ3n) is 3.31. The van der Waals surface area contributed by atoms with Gasteiger partial charge in [-0.15, -0.1) is 0 Å². The van der Waals surface area contributed by atoms with Crippen LogP contribution in [-0.4, -0.2) is 66.7 Å². The second-order valence-electron chi connectivity index (χ2n) is 5.82. The van der Waals surface area contributed by atoms with Gasteiger partial charge in [-0.3, -0.25) is 4.79 Å². The van der Waals surface area contributed by atoms with Crippen molar-refractivity contribution in [2.75, 3.05) is 40.3 Å². The van der Waals surface area contributed by atoms with Crippen LogP contribution < -0.4 is 5.73 Å². The van der Waals surface area contributed by atoms with E-state index in [-0.39, 0.29) is 0 Å². The number of hydrogen-bond acceptors (Lipinski definition) is 4. The first-order valence-electron chi connectivity index (χ1n) is 7.19. The van der Waals surface area contributed by atoms with Gasteiger partial charge >= 0.3 is 5.97 Å². The van der Waals surface area contributed by atoms with Crippen LogP contribution in [-0.2, 0) is 4.79 Å². The molecule has 5 heteroatoms. The summed E-state index contributed by atoms with van der Waals surface area (Å²) in [5, 5.41) is 8.94. The van der Waals surface area contributed by atoms with E-state index in [1.807, 2.05) is 0 Å². The highest BCUT2D eigenvalue weighted by Gasteiger charge is 2.26. The first-order valence-corrected chi connectivity index (χ1v) is 7.19. The quantitative estimate of drug-likeness (QED) is 0.554. The van der Waals surface area contributed by atoms with E-state index in [9.17, 15) is 4.79 Å². The highest BCUT2D eigenvalue weighted by molar-refractivity contribution is 5.77. The van der Waals surface area contributed by atoms with Crippen molar-refractivity contribution in [3.63, 3.8) is 0 Å². The Hall–Kier alpha value is -0.650. The normalized spacial score (nSPS) is 14.9. The van der Waals surface area contributed by atoms with Crippen molar-refractivity contribution in [2.45, 2.75) is 45.1 Å². The lowest BCUT2D eigenvalue weighted by Gasteiger charge is -2.24. The van der Waals surface area contributed by atoms with Gasteiger partial charge in [-0.05, 0) is 59.8 Å². The molecule has 114 valence electrons. The van der Waals surface area contributed by atoms with Gasteiger partial charge in [0.1, 0.15) is 5.54 Å². The summed E-state index contributed by atoms with van der Waals surface area (Å²) in [5.41, 5.74) is 4.63. The Morgan fingerprint density at radius 1 is 1.16 bits per heavy atom. The van der Waals surface area contributed by atoms with Crippen LogP contribution in [0.3, 0.4) is 0 Å². The van der Waals surface area contributed by atoms with Crippen molar-refractivity contribution in [1.82, 2.24) is 9.80 Å². The maximum atomic E-state index is 10.9. The van der Waals surface area contributed by atoms with Gasteiger partial charge in [-0.25, -0.2) is 0 Å². The van der Waals surface area contributed by atoms with Crippen molar-refractivity contribution < 1.29 is 9.90 Å². The average molecular weight is 273 g/mol. The molecule has 0 aliphatic rings. The molecule has 0 aromatic heterocycles. The molecule has 0 fully saturated rings. The van der Waals surface area contributed by atoms with E-state index in [1.54, 1.807) is 6.92 Å². The van der Waals surface area contributed by atoms with Gasteiger partial charge in [-0.2, -0.15) is 0 Å². The summed E-state index contributed by atoms with van der Waals surface area (Å²) in [5.74, 6) is -0.912. The molecule has 0 aliphatic heterocycles. The van der Waals surface area contributed by atoms with E-state index in [0.717, 1.165) is 45.4 Å². The predicted octanol–water partition coefficient (Wildman–Crippen LogP) is 1.23. The number of likely N-dealkylation sites (N-methyl/N-ethyl adjacent to an activating group) is 1. The molecule has 19 heavy (non-hydrogen) atoms. The molecule has 1 atom stereocenters. The fourth-order valence-corrected chi connectivity index (χ4v) is 1.93. The van der Waals surface area contributed by atoms with E-state index in [1.165, 1.54) is 0 Å². The number of nitrogens with zero attached hydrogens (tertiary/aromatic N) is 2. The summed E-state index contributed by atoms with van der Waals surface area (Å²) in [6, 6.07) is 0. The number of carboxylic acid groups (broad SMARTS) is 1. The molecular weight excluding hydrogens is 242 g/mol. The van der Waals surface area contributed by atoms with Gasteiger partial charge in [0, 0.05) is 13.1 Å². The second kappa shape index (κ2) is 9.28. The lowest BCUT2D eigenvalue weighted by Crippen LogP contribution is -2.44. The van der Waals surface area contributed by atoms with Gasteiger partial charge in [0.15, 0.2) is 0 Å². The molecule has 3 N–H and O–H groups in total. The van der Waals surface area contributed by atoms with Crippen LogP contribution in [0.2, 0.25) is 0 Å². The van der Waals surface area contributed by atoms with E-state index < -0.39 is 11.5 Å². The van der Waals surface area contributed by atoms with Crippen molar-refractivity contribution in [3.05, 3.63) is 0 Å². The third kappa shape index (κ3) is 8.97. The number of nitrogens with two attached hydrogens (primary N) is 1. The fraction of sp³-hybridized carbons (Fsp3) is 0.929. The highest BCUT2D eigenvalue weighted by Crippen LogP contribution is 2.11. The molecule has 0 aromatic rings. The van der Waals surface area contributed by atoms with E-state index in [2.05, 4.69) is 30.8 Å². The molecule has 1 unspecified atom stereocenters. The standard InChI is InChI=1S/C14H31N3O2/c1-5-9-17(12-11-16(3)4)10-7-6-8-14(2,15)13(18)19/h5-12,15H2,1-4H3,(H,18,19). The smallest absolute Gasteiger partial charge is 0.323 e. The monoisotopic (exact) mass is 273 g/mol. The molecular formula is C14H31N3O2. The Balaban J connectivity index is 3.89. The first-order chi connectivity index (χ1) is 8.79. The maximum absolute atomic E-state index is 10.9. The summed E-state index contributed by atoms with van der Waals surface area (Å²) in [4.78, 5) is 15.5. The summed E-state index contributed by atoms with van der Waals surface area (Å²) in [7, 11) is 4.16. The molecule has 0 rings (SSSR count). The minimum absolute atomic E-state index is 0.538. The molecule has 0 saturated carbocycles. The van der Waals surface area contributed by atoms with Crippen LogP contribution in [0.15, 0.2) is 0 Å². The Morgan fingerprint density at radius 3 is 2.26 bits per heavy atom. The Labute approximate surface area is 117 Å². The number of carbonyl (C=O) groups is 1. The predicted molar refractivity (Wildman–Crippen MR) is 79.4 cm³/mol. The van der Waals surface area contributed by atoms with Crippen LogP contribution in [0.5, 0.6) is 0 Å². The van der Waals surface area contributed by atoms with Gasteiger partial charge < -0.3 is 20.6 Å². The Morgan fingerprint density at radius 2 is 1.79 bits per heavy atom. The summed E-state index contributed by atoms with van der Waals surface area (Å²) >= 11 is 0. The minimum atomic E-state index is -1.08. The Kier molecular flexibility index (Phi) is 8.97. The molecule has 0 aromatic carbocycles. The zero-order valence-electron chi connectivity index (χ0n) is 13.0. The maximum Gasteiger partial charge on any atom is 0.323 e. The van der Waals surface area contributed by atoms with E-state index in [4.69, 9.17) is 10.8 Å². The van der Waals surface area contributed by atoms with Gasteiger partial charge in [0.05, 0.1) is 0 Å². The average Bonchev–Trinajstić information content (AvgIpc) is 2.31. The number of aliphatic carboxylic acids is 1. The molecule has 0 radical (unpaired) electrons. The second-order valence-corrected chi connectivity index (χ2v) is 5.82. The van der Waals surface area contributed by atoms with Crippen molar-refractivity contribution >= 4 is 5.97 Å². The lowest BCUT2D eigenvalue weighted by atomic mass is 9.96. The number of hydrogen-bond donors (Lipinski definition) is 2. The Bertz CT molecular complexity index is 255. The van der Waals surface area contributed by atoms with Crippen LogP contribution in [0.1, 0.15) is 39.5 Å². The zero-order valence-corrected chi connectivity index (χ0v) is 13.0. The number of carboxylic acids is 1. The highest BCUT2D eigenvalue weighted by atomic mass is 16.4. The molecule has 0 aliphatic carbocycles. The topological polar surface area (TPSA) is 69.8 Å². The third-order valence-corrected chi connectivity index (χ3v) is 3.31. The van der Waals surface area contributed by atoms with Crippen molar-refractivity contribution in [2.24, 2.45) is 5.73 Å². The van der Waals surface area contributed by atoms with Gasteiger partial charge in [0.25, 0.3) is 0 Å². The largest absolute Gasteiger partial charge is 0.480 e. The SMILES string of the molecule is CCCN(CCCCC(C)(N)C(=O)O)CCN(C)C. The number of rotatable bonds is 11. The summed E-state index contributed by atoms with van der Waals surface area (Å²) in [6.45, 7) is 8.03. The van der Waals surface area contributed by atoms with Crippen LogP contribution in [0.4, 0.5) is 0 Å². The van der Waals surface area contributed by atoms with Crippen molar-refractivity contribution in [1.29, 1.82) is 0 Å². The zero-order chi connectivity index (χ0) is 14.9. The molecule has 5 nitrogen and oxygen atoms in total. The molecule has 0 heterocycles. The summed E-state index contributed by atoms with van der Waals surface area (Å²) < 4.78 is 0. The lowest BCUT2D eigenvalue weighted by molar-refractivity contribution is -0.142. The minimum Gasteiger partial charge on any atom is -0.480 e. The van der Waals surface area contributed by atoms with Crippen LogP contribution >= 0.6 is 0 Å². The number of unbranched alkanes of at least 4 members (excludes halogenated alkanes) is 1. The molecule has 0 spiro atoms. The van der Waals surface area contributed by atoms with E-state index >= 15 is 0 Å². The molecule has 0 saturated heterocycles. The van der Waals surface area contributed by atoms with Gasteiger partial charge in [0.2, 0.25) is 0 Å². The van der Waals surface area contributed by atoms with Crippen LogP contribution in [0, 0.1) is 0 Å². The fourth-order valence-electron chi connectivity index (χ4n) is 1.93.